The summed E-state index contributed by atoms with van der Waals surface area (Å²) in [6.45, 7) is 0.0975. The summed E-state index contributed by atoms with van der Waals surface area (Å²) < 4.78 is 0. The van der Waals surface area contributed by atoms with Gasteiger partial charge < -0.3 is 10.4 Å². The van der Waals surface area contributed by atoms with Crippen molar-refractivity contribution in [3.63, 3.8) is 0 Å². The molecule has 1 heterocycles. The highest BCUT2D eigenvalue weighted by molar-refractivity contribution is 6.29. The van der Waals surface area contributed by atoms with Crippen LogP contribution >= 0.6 is 11.6 Å². The lowest BCUT2D eigenvalue weighted by Crippen LogP contribution is -2.37. The Bertz CT molecular complexity index is 390. The van der Waals surface area contributed by atoms with Gasteiger partial charge in [-0.2, -0.15) is 0 Å². The first-order chi connectivity index (χ1) is 8.20. The SMILES string of the molecule is O=C(NC(CCO)C1CC1)c1ccc(Cl)nc1. The first-order valence-electron chi connectivity index (χ1n) is 5.74. The van der Waals surface area contributed by atoms with Crippen LogP contribution in [0.5, 0.6) is 0 Å². The number of nitrogens with one attached hydrogen (secondary N) is 1. The first kappa shape index (κ1) is 12.3. The summed E-state index contributed by atoms with van der Waals surface area (Å²) in [4.78, 5) is 15.8. The molecule has 0 saturated heterocycles. The molecule has 0 spiro atoms. The van der Waals surface area contributed by atoms with Gasteiger partial charge in [-0.25, -0.2) is 4.98 Å². The van der Waals surface area contributed by atoms with Crippen molar-refractivity contribution in [2.45, 2.75) is 25.3 Å². The molecule has 5 heteroatoms. The van der Waals surface area contributed by atoms with Gasteiger partial charge in [0, 0.05) is 18.8 Å². The number of aliphatic hydroxyl groups excluding tert-OH is 1. The van der Waals surface area contributed by atoms with Crippen molar-refractivity contribution in [3.8, 4) is 0 Å². The Morgan fingerprint density at radius 3 is 2.88 bits per heavy atom. The minimum absolute atomic E-state index is 0.0724. The molecule has 0 bridgehead atoms. The predicted octanol–water partition coefficient (Wildman–Crippen LogP) is 1.63. The van der Waals surface area contributed by atoms with Crippen molar-refractivity contribution in [2.24, 2.45) is 5.92 Å². The minimum Gasteiger partial charge on any atom is -0.396 e. The van der Waals surface area contributed by atoms with Crippen LogP contribution in [0.25, 0.3) is 0 Å². The zero-order valence-electron chi connectivity index (χ0n) is 9.40. The summed E-state index contributed by atoms with van der Waals surface area (Å²) in [6.07, 6.45) is 4.33. The van der Waals surface area contributed by atoms with Crippen LogP contribution < -0.4 is 5.32 Å². The van der Waals surface area contributed by atoms with Gasteiger partial charge in [-0.15, -0.1) is 0 Å². The number of pyridine rings is 1. The van der Waals surface area contributed by atoms with E-state index in [0.29, 0.717) is 23.1 Å². The number of aromatic nitrogens is 1. The van der Waals surface area contributed by atoms with Gasteiger partial charge in [-0.3, -0.25) is 4.79 Å². The molecule has 1 aromatic heterocycles. The van der Waals surface area contributed by atoms with E-state index in [2.05, 4.69) is 10.3 Å². The topological polar surface area (TPSA) is 62.2 Å². The molecule has 1 fully saturated rings. The van der Waals surface area contributed by atoms with Crippen LogP contribution in [-0.2, 0) is 0 Å². The maximum Gasteiger partial charge on any atom is 0.253 e. The van der Waals surface area contributed by atoms with Gasteiger partial charge in [0.05, 0.1) is 5.56 Å². The van der Waals surface area contributed by atoms with E-state index in [-0.39, 0.29) is 18.6 Å². The van der Waals surface area contributed by atoms with Gasteiger partial charge in [0.15, 0.2) is 0 Å². The fourth-order valence-electron chi connectivity index (χ4n) is 1.83. The van der Waals surface area contributed by atoms with Crippen molar-refractivity contribution in [1.82, 2.24) is 10.3 Å². The summed E-state index contributed by atoms with van der Waals surface area (Å²) >= 11 is 5.66. The lowest BCUT2D eigenvalue weighted by Gasteiger charge is -2.16. The number of halogens is 1. The summed E-state index contributed by atoms with van der Waals surface area (Å²) in [5.41, 5.74) is 0.498. The largest absolute Gasteiger partial charge is 0.396 e. The molecule has 92 valence electrons. The second-order valence-electron chi connectivity index (χ2n) is 4.30. The van der Waals surface area contributed by atoms with Crippen LogP contribution in [0.2, 0.25) is 5.15 Å². The average molecular weight is 255 g/mol. The summed E-state index contributed by atoms with van der Waals surface area (Å²) in [6, 6.07) is 3.31. The Labute approximate surface area is 105 Å². The van der Waals surface area contributed by atoms with Crippen molar-refractivity contribution in [3.05, 3.63) is 29.0 Å². The molecule has 4 nitrogen and oxygen atoms in total. The van der Waals surface area contributed by atoms with Crippen LogP contribution in [0, 0.1) is 5.92 Å². The minimum atomic E-state index is -0.153. The molecule has 1 aromatic rings. The van der Waals surface area contributed by atoms with Crippen LogP contribution in [0.3, 0.4) is 0 Å². The smallest absolute Gasteiger partial charge is 0.253 e. The van der Waals surface area contributed by atoms with Crippen LogP contribution in [0.4, 0.5) is 0 Å². The standard InChI is InChI=1S/C12H15ClN2O2/c13-11-4-3-9(7-14-11)12(17)15-10(5-6-16)8-1-2-8/h3-4,7-8,10,16H,1-2,5-6H2,(H,15,17). The van der Waals surface area contributed by atoms with E-state index in [1.165, 1.54) is 6.20 Å². The van der Waals surface area contributed by atoms with E-state index in [1.807, 2.05) is 0 Å². The van der Waals surface area contributed by atoms with E-state index in [1.54, 1.807) is 12.1 Å². The molecule has 1 unspecified atom stereocenters. The van der Waals surface area contributed by atoms with Crippen LogP contribution in [0.1, 0.15) is 29.6 Å². The number of carbonyl (C=O) groups is 1. The second kappa shape index (κ2) is 5.47. The van der Waals surface area contributed by atoms with E-state index in [0.717, 1.165) is 12.8 Å². The van der Waals surface area contributed by atoms with Crippen molar-refractivity contribution in [1.29, 1.82) is 0 Å². The summed E-state index contributed by atoms with van der Waals surface area (Å²) in [7, 11) is 0. The molecular formula is C12H15ClN2O2. The highest BCUT2D eigenvalue weighted by Crippen LogP contribution is 2.34. The van der Waals surface area contributed by atoms with Gasteiger partial charge in [0.25, 0.3) is 5.91 Å². The maximum atomic E-state index is 11.9. The monoisotopic (exact) mass is 254 g/mol. The summed E-state index contributed by atoms with van der Waals surface area (Å²) in [5, 5.41) is 12.3. The molecule has 1 aliphatic rings. The molecule has 0 aliphatic heterocycles. The van der Waals surface area contributed by atoms with Gasteiger partial charge in [0.2, 0.25) is 0 Å². The molecule has 17 heavy (non-hydrogen) atoms. The predicted molar refractivity (Wildman–Crippen MR) is 64.9 cm³/mol. The van der Waals surface area contributed by atoms with Gasteiger partial charge in [0.1, 0.15) is 5.15 Å². The average Bonchev–Trinajstić information content (AvgIpc) is 3.13. The van der Waals surface area contributed by atoms with Crippen molar-refractivity contribution >= 4 is 17.5 Å². The van der Waals surface area contributed by atoms with Crippen LogP contribution in [-0.4, -0.2) is 28.6 Å². The number of nitrogens with zero attached hydrogens (tertiary/aromatic N) is 1. The number of aliphatic hydroxyl groups is 1. The van der Waals surface area contributed by atoms with Gasteiger partial charge in [-0.1, -0.05) is 11.6 Å². The highest BCUT2D eigenvalue weighted by Gasteiger charge is 2.31. The van der Waals surface area contributed by atoms with Crippen molar-refractivity contribution in [2.75, 3.05) is 6.61 Å². The third-order valence-corrected chi connectivity index (χ3v) is 3.16. The number of amides is 1. The molecule has 1 saturated carbocycles. The zero-order chi connectivity index (χ0) is 12.3. The molecule has 0 aromatic carbocycles. The van der Waals surface area contributed by atoms with E-state index in [9.17, 15) is 4.79 Å². The van der Waals surface area contributed by atoms with Gasteiger partial charge >= 0.3 is 0 Å². The van der Waals surface area contributed by atoms with Crippen LogP contribution in [0.15, 0.2) is 18.3 Å². The third kappa shape index (κ3) is 3.41. The highest BCUT2D eigenvalue weighted by atomic mass is 35.5. The number of hydrogen-bond donors (Lipinski definition) is 2. The molecule has 1 aliphatic carbocycles. The van der Waals surface area contributed by atoms with Crippen molar-refractivity contribution < 1.29 is 9.90 Å². The zero-order valence-corrected chi connectivity index (χ0v) is 10.2. The van der Waals surface area contributed by atoms with E-state index < -0.39 is 0 Å². The lowest BCUT2D eigenvalue weighted by atomic mass is 10.1. The maximum absolute atomic E-state index is 11.9. The normalized spacial score (nSPS) is 16.6. The van der Waals surface area contributed by atoms with E-state index in [4.69, 9.17) is 16.7 Å². The summed E-state index contributed by atoms with van der Waals surface area (Å²) in [5.74, 6) is 0.367. The first-order valence-corrected chi connectivity index (χ1v) is 6.12. The fraction of sp³-hybridized carbons (Fsp3) is 0.500. The lowest BCUT2D eigenvalue weighted by molar-refractivity contribution is 0.0924. The third-order valence-electron chi connectivity index (χ3n) is 2.94. The Balaban J connectivity index is 1.97. The Kier molecular flexibility index (Phi) is 3.97. The molecular weight excluding hydrogens is 240 g/mol. The van der Waals surface area contributed by atoms with Gasteiger partial charge in [-0.05, 0) is 37.3 Å². The fourth-order valence-corrected chi connectivity index (χ4v) is 1.94. The molecule has 1 atom stereocenters. The number of rotatable bonds is 5. The molecule has 1 amide bonds. The second-order valence-corrected chi connectivity index (χ2v) is 4.69. The Hall–Kier alpha value is -1.13. The number of carbonyl (C=O) groups excluding carboxylic acids is 1. The molecule has 0 radical (unpaired) electrons. The van der Waals surface area contributed by atoms with E-state index >= 15 is 0 Å². The molecule has 2 N–H and O–H groups in total. The quantitative estimate of drug-likeness (QED) is 0.785. The number of hydrogen-bond acceptors (Lipinski definition) is 3. The molecule has 2 rings (SSSR count). The Morgan fingerprint density at radius 1 is 1.59 bits per heavy atom. The Morgan fingerprint density at radius 2 is 2.35 bits per heavy atom.